The van der Waals surface area contributed by atoms with Gasteiger partial charge in [-0.25, -0.2) is 14.6 Å². The third-order valence-electron chi connectivity index (χ3n) is 4.31. The molecule has 1 saturated heterocycles. The second kappa shape index (κ2) is 9.03. The van der Waals surface area contributed by atoms with Crippen molar-refractivity contribution in [2.75, 3.05) is 50.1 Å². The molecule has 0 radical (unpaired) electrons. The van der Waals surface area contributed by atoms with E-state index in [1.54, 1.807) is 48.4 Å². The van der Waals surface area contributed by atoms with Crippen molar-refractivity contribution in [1.82, 2.24) is 14.9 Å². The maximum atomic E-state index is 11.8. The number of carbonyl (C=O) groups excluding carboxylic acids is 2. The van der Waals surface area contributed by atoms with Crippen molar-refractivity contribution in [3.63, 3.8) is 0 Å². The molecule has 0 aliphatic carbocycles. The molecule has 9 heteroatoms. The molecule has 28 heavy (non-hydrogen) atoms. The Balaban J connectivity index is 1.61. The number of hydrogen-bond donors (Lipinski definition) is 1. The van der Waals surface area contributed by atoms with Crippen LogP contribution in [0.4, 0.5) is 22.2 Å². The van der Waals surface area contributed by atoms with Gasteiger partial charge in [0.05, 0.1) is 19.3 Å². The molecule has 1 aromatic carbocycles. The molecule has 1 aliphatic rings. The first-order valence-corrected chi connectivity index (χ1v) is 9.06. The van der Waals surface area contributed by atoms with Crippen LogP contribution in [0.25, 0.3) is 0 Å². The maximum Gasteiger partial charge on any atom is 0.409 e. The van der Waals surface area contributed by atoms with Gasteiger partial charge in [-0.15, -0.1) is 0 Å². The minimum Gasteiger partial charge on any atom is -0.465 e. The molecular weight excluding hydrogens is 362 g/mol. The second-order valence-corrected chi connectivity index (χ2v) is 6.11. The number of nitrogens with one attached hydrogen (secondary N) is 1. The van der Waals surface area contributed by atoms with Crippen LogP contribution in [0.5, 0.6) is 0 Å². The molecule has 0 saturated carbocycles. The quantitative estimate of drug-likeness (QED) is 0.783. The van der Waals surface area contributed by atoms with Gasteiger partial charge in [-0.1, -0.05) is 0 Å². The van der Waals surface area contributed by atoms with Crippen molar-refractivity contribution < 1.29 is 19.1 Å². The second-order valence-electron chi connectivity index (χ2n) is 6.11. The fraction of sp³-hybridized carbons (Fsp3) is 0.368. The van der Waals surface area contributed by atoms with E-state index in [-0.39, 0.29) is 12.1 Å². The average Bonchev–Trinajstić information content (AvgIpc) is 2.74. The molecule has 1 fully saturated rings. The Labute approximate surface area is 163 Å². The van der Waals surface area contributed by atoms with E-state index in [2.05, 4.69) is 15.3 Å². The number of ether oxygens (including phenoxy) is 2. The highest BCUT2D eigenvalue weighted by atomic mass is 16.6. The summed E-state index contributed by atoms with van der Waals surface area (Å²) in [5.74, 6) is 0.862. The third-order valence-corrected chi connectivity index (χ3v) is 4.31. The Kier molecular flexibility index (Phi) is 6.25. The van der Waals surface area contributed by atoms with E-state index in [0.29, 0.717) is 50.1 Å². The molecule has 1 aliphatic heterocycles. The number of piperazine rings is 1. The lowest BCUT2D eigenvalue weighted by Crippen LogP contribution is -2.49. The highest BCUT2D eigenvalue weighted by Gasteiger charge is 2.23. The fourth-order valence-corrected chi connectivity index (χ4v) is 2.83. The van der Waals surface area contributed by atoms with Crippen molar-refractivity contribution in [3.8, 4) is 0 Å². The SMILES string of the molecule is CCOC(=O)N1CCN(c2nccc(Nc3ccc(C(=O)OC)cc3)n2)CC1. The standard InChI is InChI=1S/C19H23N5O4/c1-3-28-19(26)24-12-10-23(11-13-24)18-20-9-8-16(22-18)21-15-6-4-14(5-7-15)17(25)27-2/h4-9H,3,10-13H2,1-2H3,(H,20,21,22). The molecule has 0 spiro atoms. The zero-order chi connectivity index (χ0) is 19.9. The first-order chi connectivity index (χ1) is 13.6. The van der Waals surface area contributed by atoms with Gasteiger partial charge >= 0.3 is 12.1 Å². The van der Waals surface area contributed by atoms with Gasteiger partial charge in [0.1, 0.15) is 5.82 Å². The van der Waals surface area contributed by atoms with Crippen LogP contribution in [0, 0.1) is 0 Å². The lowest BCUT2D eigenvalue weighted by atomic mass is 10.2. The molecule has 1 amide bonds. The molecule has 0 bridgehead atoms. The van der Waals surface area contributed by atoms with Gasteiger partial charge in [0, 0.05) is 38.1 Å². The predicted molar refractivity (Wildman–Crippen MR) is 104 cm³/mol. The zero-order valence-corrected chi connectivity index (χ0v) is 15.9. The Morgan fingerprint density at radius 1 is 1.11 bits per heavy atom. The number of nitrogens with zero attached hydrogens (tertiary/aromatic N) is 4. The lowest BCUT2D eigenvalue weighted by molar-refractivity contribution is 0.0600. The van der Waals surface area contributed by atoms with Gasteiger partial charge in [0.25, 0.3) is 0 Å². The van der Waals surface area contributed by atoms with E-state index in [9.17, 15) is 9.59 Å². The number of hydrogen-bond acceptors (Lipinski definition) is 8. The number of anilines is 3. The van der Waals surface area contributed by atoms with Crippen molar-refractivity contribution in [2.24, 2.45) is 0 Å². The molecule has 9 nitrogen and oxygen atoms in total. The molecule has 1 aromatic heterocycles. The summed E-state index contributed by atoms with van der Waals surface area (Å²) < 4.78 is 9.73. The molecule has 0 unspecified atom stereocenters. The average molecular weight is 385 g/mol. The summed E-state index contributed by atoms with van der Waals surface area (Å²) in [6.45, 7) is 4.57. The Morgan fingerprint density at radius 2 is 1.82 bits per heavy atom. The van der Waals surface area contributed by atoms with E-state index in [0.717, 1.165) is 5.69 Å². The fourth-order valence-electron chi connectivity index (χ4n) is 2.83. The topological polar surface area (TPSA) is 96.9 Å². The monoisotopic (exact) mass is 385 g/mol. The summed E-state index contributed by atoms with van der Waals surface area (Å²) in [7, 11) is 1.35. The molecular formula is C19H23N5O4. The summed E-state index contributed by atoms with van der Waals surface area (Å²) >= 11 is 0. The van der Waals surface area contributed by atoms with Gasteiger partial charge in [-0.2, -0.15) is 4.98 Å². The molecule has 148 valence electrons. The van der Waals surface area contributed by atoms with E-state index < -0.39 is 0 Å². The molecule has 0 atom stereocenters. The van der Waals surface area contributed by atoms with Crippen LogP contribution in [0.1, 0.15) is 17.3 Å². The van der Waals surface area contributed by atoms with Crippen LogP contribution in [-0.4, -0.2) is 66.8 Å². The van der Waals surface area contributed by atoms with Crippen LogP contribution in [-0.2, 0) is 9.47 Å². The number of aromatic nitrogens is 2. The third kappa shape index (κ3) is 4.67. The lowest BCUT2D eigenvalue weighted by Gasteiger charge is -2.34. The Bertz CT molecular complexity index is 819. The van der Waals surface area contributed by atoms with Gasteiger partial charge in [0.15, 0.2) is 0 Å². The van der Waals surface area contributed by atoms with Crippen LogP contribution >= 0.6 is 0 Å². The largest absolute Gasteiger partial charge is 0.465 e. The highest BCUT2D eigenvalue weighted by Crippen LogP contribution is 2.18. The van der Waals surface area contributed by atoms with Gasteiger partial charge in [-0.3, -0.25) is 0 Å². The molecule has 2 heterocycles. The van der Waals surface area contributed by atoms with Crippen LogP contribution in [0.3, 0.4) is 0 Å². The van der Waals surface area contributed by atoms with Gasteiger partial charge in [-0.05, 0) is 37.3 Å². The van der Waals surface area contributed by atoms with Crippen LogP contribution in [0.15, 0.2) is 36.5 Å². The molecule has 3 rings (SSSR count). The van der Waals surface area contributed by atoms with E-state index in [4.69, 9.17) is 9.47 Å². The molecule has 2 aromatic rings. The van der Waals surface area contributed by atoms with Gasteiger partial charge < -0.3 is 24.6 Å². The number of rotatable bonds is 5. The Morgan fingerprint density at radius 3 is 2.46 bits per heavy atom. The smallest absolute Gasteiger partial charge is 0.409 e. The predicted octanol–water partition coefficient (Wildman–Crippen LogP) is 2.29. The summed E-state index contributed by atoms with van der Waals surface area (Å²) in [4.78, 5) is 35.9. The molecule has 1 N–H and O–H groups in total. The number of esters is 1. The highest BCUT2D eigenvalue weighted by molar-refractivity contribution is 5.89. The zero-order valence-electron chi connectivity index (χ0n) is 15.9. The Hall–Kier alpha value is -3.36. The number of amides is 1. The van der Waals surface area contributed by atoms with Crippen LogP contribution in [0.2, 0.25) is 0 Å². The van der Waals surface area contributed by atoms with Crippen molar-refractivity contribution in [1.29, 1.82) is 0 Å². The number of methoxy groups -OCH3 is 1. The van der Waals surface area contributed by atoms with E-state index in [1.165, 1.54) is 7.11 Å². The first kappa shape index (κ1) is 19.4. The van der Waals surface area contributed by atoms with E-state index >= 15 is 0 Å². The van der Waals surface area contributed by atoms with Gasteiger partial charge in [0.2, 0.25) is 5.95 Å². The first-order valence-electron chi connectivity index (χ1n) is 9.06. The summed E-state index contributed by atoms with van der Waals surface area (Å²) in [6.07, 6.45) is 1.40. The number of benzene rings is 1. The minimum absolute atomic E-state index is 0.283. The number of carbonyl (C=O) groups is 2. The normalized spacial score (nSPS) is 13.8. The van der Waals surface area contributed by atoms with E-state index in [1.807, 2.05) is 4.90 Å². The summed E-state index contributed by atoms with van der Waals surface area (Å²) in [5.41, 5.74) is 1.28. The maximum absolute atomic E-state index is 11.8. The van der Waals surface area contributed by atoms with Crippen molar-refractivity contribution in [3.05, 3.63) is 42.1 Å². The van der Waals surface area contributed by atoms with Crippen molar-refractivity contribution in [2.45, 2.75) is 6.92 Å². The summed E-state index contributed by atoms with van der Waals surface area (Å²) in [6, 6.07) is 8.71. The van der Waals surface area contributed by atoms with Crippen LogP contribution < -0.4 is 10.2 Å². The minimum atomic E-state index is -0.377. The summed E-state index contributed by atoms with van der Waals surface area (Å²) in [5, 5.41) is 3.20. The van der Waals surface area contributed by atoms with Crippen molar-refractivity contribution >= 4 is 29.5 Å².